The van der Waals surface area contributed by atoms with Crippen LogP contribution in [0.4, 0.5) is 4.39 Å². The van der Waals surface area contributed by atoms with Crippen LogP contribution in [0.2, 0.25) is 0 Å². The van der Waals surface area contributed by atoms with Gasteiger partial charge in [-0.2, -0.15) is 5.10 Å². The van der Waals surface area contributed by atoms with Crippen molar-refractivity contribution in [2.45, 2.75) is 0 Å². The Morgan fingerprint density at radius 1 is 1.00 bits per heavy atom. The van der Waals surface area contributed by atoms with Gasteiger partial charge in [-0.3, -0.25) is 0 Å². The first kappa shape index (κ1) is 13.4. The first-order valence-electron chi connectivity index (χ1n) is 6.98. The van der Waals surface area contributed by atoms with Crippen LogP contribution in [-0.4, -0.2) is 19.7 Å². The van der Waals surface area contributed by atoms with E-state index in [2.05, 4.69) is 15.1 Å². The molecule has 2 heterocycles. The van der Waals surface area contributed by atoms with Gasteiger partial charge in [-0.15, -0.1) is 0 Å². The van der Waals surface area contributed by atoms with Crippen molar-refractivity contribution in [1.29, 1.82) is 0 Å². The zero-order valence-electron chi connectivity index (χ0n) is 11.9. The van der Waals surface area contributed by atoms with E-state index in [4.69, 9.17) is 4.74 Å². The summed E-state index contributed by atoms with van der Waals surface area (Å²) in [4.78, 5) is 8.20. The quantitative estimate of drug-likeness (QED) is 0.578. The molecule has 0 saturated heterocycles. The normalized spacial score (nSPS) is 10.8. The molecular weight excluding hydrogens is 295 g/mol. The van der Waals surface area contributed by atoms with Crippen molar-refractivity contribution in [2.24, 2.45) is 0 Å². The summed E-state index contributed by atoms with van der Waals surface area (Å²) in [6.45, 7) is 0. The maximum atomic E-state index is 13.4. The third kappa shape index (κ3) is 2.62. The highest BCUT2D eigenvalue weighted by Crippen LogP contribution is 2.27. The van der Waals surface area contributed by atoms with Crippen molar-refractivity contribution < 1.29 is 9.13 Å². The van der Waals surface area contributed by atoms with E-state index in [0.29, 0.717) is 22.5 Å². The summed E-state index contributed by atoms with van der Waals surface area (Å²) in [6.07, 6.45) is 4.97. The molecule has 0 spiro atoms. The summed E-state index contributed by atoms with van der Waals surface area (Å²) < 4.78 is 21.0. The Morgan fingerprint density at radius 3 is 2.65 bits per heavy atom. The number of halogens is 1. The SMILES string of the molecule is Fc1ccc2ncnc(Oc3ccc(-n4cccn4)cc3)c2c1. The Bertz CT molecular complexity index is 952. The predicted octanol–water partition coefficient (Wildman–Crippen LogP) is 3.75. The van der Waals surface area contributed by atoms with Crippen LogP contribution in [0.15, 0.2) is 67.3 Å². The van der Waals surface area contributed by atoms with Gasteiger partial charge >= 0.3 is 0 Å². The van der Waals surface area contributed by atoms with Gasteiger partial charge in [0.1, 0.15) is 17.9 Å². The minimum absolute atomic E-state index is 0.321. The van der Waals surface area contributed by atoms with Crippen molar-refractivity contribution in [3.63, 3.8) is 0 Å². The fourth-order valence-electron chi connectivity index (χ4n) is 2.29. The second-order valence-electron chi connectivity index (χ2n) is 4.89. The van der Waals surface area contributed by atoms with E-state index in [0.717, 1.165) is 5.69 Å². The third-order valence-electron chi connectivity index (χ3n) is 3.38. The molecule has 4 rings (SSSR count). The van der Waals surface area contributed by atoms with Gasteiger partial charge < -0.3 is 4.74 Å². The largest absolute Gasteiger partial charge is 0.438 e. The molecule has 2 aromatic carbocycles. The molecular formula is C17H11FN4O. The second kappa shape index (κ2) is 5.49. The molecule has 112 valence electrons. The number of hydrogen-bond acceptors (Lipinski definition) is 4. The third-order valence-corrected chi connectivity index (χ3v) is 3.38. The van der Waals surface area contributed by atoms with Crippen molar-refractivity contribution in [3.8, 4) is 17.3 Å². The number of hydrogen-bond donors (Lipinski definition) is 0. The second-order valence-corrected chi connectivity index (χ2v) is 4.89. The van der Waals surface area contributed by atoms with Gasteiger partial charge in [0.25, 0.3) is 0 Å². The first-order valence-corrected chi connectivity index (χ1v) is 6.98. The fourth-order valence-corrected chi connectivity index (χ4v) is 2.29. The number of ether oxygens (including phenoxy) is 1. The van der Waals surface area contributed by atoms with Crippen LogP contribution in [0.1, 0.15) is 0 Å². The fraction of sp³-hybridized carbons (Fsp3) is 0. The van der Waals surface area contributed by atoms with Crippen molar-refractivity contribution in [3.05, 3.63) is 73.1 Å². The van der Waals surface area contributed by atoms with Crippen molar-refractivity contribution in [1.82, 2.24) is 19.7 Å². The van der Waals surface area contributed by atoms with Gasteiger partial charge in [-0.25, -0.2) is 19.0 Å². The van der Waals surface area contributed by atoms with Gasteiger partial charge in [0.15, 0.2) is 0 Å². The molecule has 2 aromatic heterocycles. The molecule has 0 amide bonds. The molecule has 0 aliphatic rings. The van der Waals surface area contributed by atoms with E-state index in [1.54, 1.807) is 16.9 Å². The lowest BCUT2D eigenvalue weighted by Gasteiger charge is -2.08. The Hall–Kier alpha value is -3.28. The molecule has 0 aliphatic carbocycles. The zero-order chi connectivity index (χ0) is 15.6. The smallest absolute Gasteiger partial charge is 0.230 e. The van der Waals surface area contributed by atoms with Crippen LogP contribution in [0, 0.1) is 5.82 Å². The summed E-state index contributed by atoms with van der Waals surface area (Å²) in [5, 5.41) is 4.70. The molecule has 0 saturated carbocycles. The van der Waals surface area contributed by atoms with Crippen LogP contribution in [0.3, 0.4) is 0 Å². The van der Waals surface area contributed by atoms with E-state index in [1.165, 1.54) is 18.5 Å². The standard InChI is InChI=1S/C17H11FN4O/c18-12-2-7-16-15(10-12)17(20-11-19-16)23-14-5-3-13(4-6-14)22-9-1-8-21-22/h1-11H. The van der Waals surface area contributed by atoms with Gasteiger partial charge in [0, 0.05) is 12.4 Å². The van der Waals surface area contributed by atoms with Gasteiger partial charge in [-0.1, -0.05) is 0 Å². The van der Waals surface area contributed by atoms with Crippen LogP contribution in [-0.2, 0) is 0 Å². The molecule has 5 nitrogen and oxygen atoms in total. The molecule has 0 N–H and O–H groups in total. The van der Waals surface area contributed by atoms with Gasteiger partial charge in [0.2, 0.25) is 5.88 Å². The van der Waals surface area contributed by atoms with E-state index < -0.39 is 0 Å². The summed E-state index contributed by atoms with van der Waals surface area (Å²) in [6, 6.07) is 13.6. The Balaban J connectivity index is 1.67. The predicted molar refractivity (Wildman–Crippen MR) is 83.1 cm³/mol. The van der Waals surface area contributed by atoms with E-state index in [1.807, 2.05) is 36.5 Å². The van der Waals surface area contributed by atoms with Crippen LogP contribution in [0.5, 0.6) is 11.6 Å². The molecule has 0 bridgehead atoms. The minimum Gasteiger partial charge on any atom is -0.438 e. The Labute approximate surface area is 131 Å². The summed E-state index contributed by atoms with van der Waals surface area (Å²) in [5.41, 5.74) is 1.55. The van der Waals surface area contributed by atoms with E-state index in [9.17, 15) is 4.39 Å². The minimum atomic E-state index is -0.355. The van der Waals surface area contributed by atoms with Gasteiger partial charge in [-0.05, 0) is 48.5 Å². The number of benzene rings is 2. The maximum absolute atomic E-state index is 13.4. The molecule has 4 aromatic rings. The van der Waals surface area contributed by atoms with E-state index in [-0.39, 0.29) is 5.82 Å². The Morgan fingerprint density at radius 2 is 1.87 bits per heavy atom. The monoisotopic (exact) mass is 306 g/mol. The molecule has 0 aliphatic heterocycles. The number of fused-ring (bicyclic) bond motifs is 1. The van der Waals surface area contributed by atoms with Gasteiger partial charge in [0.05, 0.1) is 16.6 Å². The molecule has 0 radical (unpaired) electrons. The molecule has 23 heavy (non-hydrogen) atoms. The summed E-state index contributed by atoms with van der Waals surface area (Å²) in [7, 11) is 0. The number of rotatable bonds is 3. The van der Waals surface area contributed by atoms with E-state index >= 15 is 0 Å². The average Bonchev–Trinajstić information content (AvgIpc) is 3.11. The highest BCUT2D eigenvalue weighted by molar-refractivity contribution is 5.83. The first-order chi connectivity index (χ1) is 11.3. The summed E-state index contributed by atoms with van der Waals surface area (Å²) >= 11 is 0. The lowest BCUT2D eigenvalue weighted by atomic mass is 10.2. The molecule has 0 unspecified atom stereocenters. The topological polar surface area (TPSA) is 52.8 Å². The lowest BCUT2D eigenvalue weighted by Crippen LogP contribution is -1.95. The average molecular weight is 306 g/mol. The zero-order valence-corrected chi connectivity index (χ0v) is 11.9. The molecule has 0 fully saturated rings. The highest BCUT2D eigenvalue weighted by Gasteiger charge is 2.07. The molecule has 0 atom stereocenters. The van der Waals surface area contributed by atoms with Crippen LogP contribution >= 0.6 is 0 Å². The number of aromatic nitrogens is 4. The maximum Gasteiger partial charge on any atom is 0.230 e. The highest BCUT2D eigenvalue weighted by atomic mass is 19.1. The van der Waals surface area contributed by atoms with Crippen LogP contribution < -0.4 is 4.74 Å². The van der Waals surface area contributed by atoms with Crippen molar-refractivity contribution >= 4 is 10.9 Å². The number of nitrogens with zero attached hydrogens (tertiary/aromatic N) is 4. The van der Waals surface area contributed by atoms with Crippen molar-refractivity contribution in [2.75, 3.05) is 0 Å². The Kier molecular flexibility index (Phi) is 3.20. The van der Waals surface area contributed by atoms with Crippen LogP contribution in [0.25, 0.3) is 16.6 Å². The summed E-state index contributed by atoms with van der Waals surface area (Å²) in [5.74, 6) is 0.567. The lowest BCUT2D eigenvalue weighted by molar-refractivity contribution is 0.467. The molecule has 6 heteroatoms.